The molecule has 0 N–H and O–H groups in total. The van der Waals surface area contributed by atoms with Gasteiger partial charge in [-0.25, -0.2) is 15.0 Å². The van der Waals surface area contributed by atoms with Crippen LogP contribution in [0.25, 0.3) is 111 Å². The van der Waals surface area contributed by atoms with Gasteiger partial charge >= 0.3 is 0 Å². The first-order chi connectivity index (χ1) is 25.7. The number of fused-ring (bicyclic) bond motifs is 9. The number of furan rings is 2. The van der Waals surface area contributed by atoms with Gasteiger partial charge in [0.05, 0.1) is 5.56 Å². The fraction of sp³-hybridized carbons (Fsp3) is 0. The highest BCUT2D eigenvalue weighted by molar-refractivity contribution is 6.22. The van der Waals surface area contributed by atoms with Crippen molar-refractivity contribution in [2.24, 2.45) is 0 Å². The summed E-state index contributed by atoms with van der Waals surface area (Å²) < 4.78 is 12.9. The number of aromatic nitrogens is 3. The molecule has 5 heteroatoms. The van der Waals surface area contributed by atoms with Gasteiger partial charge in [-0.1, -0.05) is 127 Å². The molecule has 0 fully saturated rings. The normalized spacial score (nSPS) is 11.8. The number of rotatable bonds is 4. The highest BCUT2D eigenvalue weighted by Crippen LogP contribution is 2.42. The lowest BCUT2D eigenvalue weighted by molar-refractivity contribution is 0.668. The van der Waals surface area contributed by atoms with Crippen molar-refractivity contribution in [3.8, 4) is 45.3 Å². The zero-order chi connectivity index (χ0) is 34.2. The van der Waals surface area contributed by atoms with Gasteiger partial charge in [-0.2, -0.15) is 0 Å². The Balaban J connectivity index is 1.18. The average molecular weight is 666 g/mol. The first-order valence-electron chi connectivity index (χ1n) is 17.3. The predicted octanol–water partition coefficient (Wildman–Crippen LogP) is 12.6. The van der Waals surface area contributed by atoms with E-state index in [0.29, 0.717) is 17.5 Å². The molecule has 0 unspecified atom stereocenters. The smallest absolute Gasteiger partial charge is 0.167 e. The van der Waals surface area contributed by atoms with E-state index in [1.54, 1.807) is 0 Å². The fourth-order valence-corrected chi connectivity index (χ4v) is 7.64. The van der Waals surface area contributed by atoms with E-state index in [1.165, 1.54) is 11.1 Å². The maximum Gasteiger partial charge on any atom is 0.167 e. The van der Waals surface area contributed by atoms with E-state index < -0.39 is 0 Å². The summed E-state index contributed by atoms with van der Waals surface area (Å²) in [6.07, 6.45) is 0. The highest BCUT2D eigenvalue weighted by Gasteiger charge is 2.22. The van der Waals surface area contributed by atoms with Crippen molar-refractivity contribution in [1.82, 2.24) is 15.0 Å². The summed E-state index contributed by atoms with van der Waals surface area (Å²) in [4.78, 5) is 15.7. The Labute approximate surface area is 297 Å². The molecule has 0 amide bonds. The Bertz CT molecular complexity index is 3190. The Kier molecular flexibility index (Phi) is 6.18. The number of hydrogen-bond acceptors (Lipinski definition) is 5. The fourth-order valence-electron chi connectivity index (χ4n) is 7.64. The van der Waals surface area contributed by atoms with Crippen molar-refractivity contribution >= 4 is 65.4 Å². The van der Waals surface area contributed by atoms with E-state index in [1.807, 2.05) is 48.5 Å². The van der Waals surface area contributed by atoms with Crippen LogP contribution in [0.3, 0.4) is 0 Å². The van der Waals surface area contributed by atoms with Crippen LogP contribution in [0.1, 0.15) is 0 Å². The van der Waals surface area contributed by atoms with Crippen LogP contribution in [0, 0.1) is 0 Å². The van der Waals surface area contributed by atoms with Gasteiger partial charge in [-0.05, 0) is 69.1 Å². The molecule has 5 nitrogen and oxygen atoms in total. The molecular formula is C47H27N3O2. The van der Waals surface area contributed by atoms with Crippen LogP contribution in [-0.4, -0.2) is 15.0 Å². The Morgan fingerprint density at radius 3 is 1.73 bits per heavy atom. The van der Waals surface area contributed by atoms with E-state index in [9.17, 15) is 0 Å². The largest absolute Gasteiger partial charge is 0.456 e. The molecule has 11 aromatic rings. The maximum absolute atomic E-state index is 6.64. The molecule has 0 spiro atoms. The third-order valence-electron chi connectivity index (χ3n) is 10.1. The molecular weight excluding hydrogens is 639 g/mol. The maximum atomic E-state index is 6.64. The highest BCUT2D eigenvalue weighted by atomic mass is 16.3. The van der Waals surface area contributed by atoms with E-state index >= 15 is 0 Å². The van der Waals surface area contributed by atoms with Gasteiger partial charge in [0, 0.05) is 32.7 Å². The van der Waals surface area contributed by atoms with Crippen LogP contribution in [0.5, 0.6) is 0 Å². The summed E-state index contributed by atoms with van der Waals surface area (Å²) in [6.45, 7) is 0. The lowest BCUT2D eigenvalue weighted by atomic mass is 9.99. The molecule has 11 rings (SSSR count). The van der Waals surface area contributed by atoms with Crippen molar-refractivity contribution in [2.45, 2.75) is 0 Å². The van der Waals surface area contributed by atoms with Gasteiger partial charge in [-0.15, -0.1) is 0 Å². The quantitative estimate of drug-likeness (QED) is 0.187. The molecule has 0 saturated carbocycles. The van der Waals surface area contributed by atoms with Crippen LogP contribution in [0.2, 0.25) is 0 Å². The van der Waals surface area contributed by atoms with Crippen molar-refractivity contribution in [3.05, 3.63) is 164 Å². The van der Waals surface area contributed by atoms with Gasteiger partial charge in [0.25, 0.3) is 0 Å². The van der Waals surface area contributed by atoms with Gasteiger partial charge in [0.2, 0.25) is 0 Å². The second kappa shape index (κ2) is 11.2. The summed E-state index contributed by atoms with van der Waals surface area (Å²) in [6, 6.07) is 56.4. The molecule has 0 bridgehead atoms. The number of hydrogen-bond donors (Lipinski definition) is 0. The summed E-state index contributed by atoms with van der Waals surface area (Å²) in [5, 5.41) is 8.56. The molecule has 52 heavy (non-hydrogen) atoms. The van der Waals surface area contributed by atoms with Crippen molar-refractivity contribution in [1.29, 1.82) is 0 Å². The minimum atomic E-state index is 0.541. The second-order valence-electron chi connectivity index (χ2n) is 13.2. The molecule has 8 aromatic carbocycles. The monoisotopic (exact) mass is 665 g/mol. The Morgan fingerprint density at radius 2 is 0.923 bits per heavy atom. The Morgan fingerprint density at radius 1 is 0.327 bits per heavy atom. The lowest BCUT2D eigenvalue weighted by Gasteiger charge is -2.11. The molecule has 0 aliphatic heterocycles. The van der Waals surface area contributed by atoms with Crippen molar-refractivity contribution in [3.63, 3.8) is 0 Å². The van der Waals surface area contributed by atoms with Crippen LogP contribution in [0.4, 0.5) is 0 Å². The minimum absolute atomic E-state index is 0.541. The van der Waals surface area contributed by atoms with E-state index in [4.69, 9.17) is 23.8 Å². The van der Waals surface area contributed by atoms with Gasteiger partial charge < -0.3 is 8.83 Å². The first kappa shape index (κ1) is 28.7. The number of para-hydroxylation sites is 2. The predicted molar refractivity (Wildman–Crippen MR) is 211 cm³/mol. The second-order valence-corrected chi connectivity index (χ2v) is 13.2. The summed E-state index contributed by atoms with van der Waals surface area (Å²) in [5.74, 6) is 1.68. The molecule has 0 aliphatic carbocycles. The zero-order valence-electron chi connectivity index (χ0n) is 27.7. The molecule has 0 radical (unpaired) electrons. The number of benzene rings is 8. The summed E-state index contributed by atoms with van der Waals surface area (Å²) in [7, 11) is 0. The summed E-state index contributed by atoms with van der Waals surface area (Å²) in [5.41, 5.74) is 8.14. The van der Waals surface area contributed by atoms with Crippen molar-refractivity contribution in [2.75, 3.05) is 0 Å². The van der Waals surface area contributed by atoms with Crippen LogP contribution < -0.4 is 0 Å². The summed E-state index contributed by atoms with van der Waals surface area (Å²) >= 11 is 0. The molecule has 3 heterocycles. The topological polar surface area (TPSA) is 65.0 Å². The molecule has 0 saturated heterocycles. The molecule has 242 valence electrons. The van der Waals surface area contributed by atoms with E-state index in [2.05, 4.69) is 115 Å². The van der Waals surface area contributed by atoms with E-state index in [0.717, 1.165) is 82.1 Å². The van der Waals surface area contributed by atoms with Crippen LogP contribution in [-0.2, 0) is 0 Å². The molecule has 3 aromatic heterocycles. The van der Waals surface area contributed by atoms with Gasteiger partial charge in [0.15, 0.2) is 17.5 Å². The van der Waals surface area contributed by atoms with Crippen LogP contribution >= 0.6 is 0 Å². The third kappa shape index (κ3) is 4.46. The van der Waals surface area contributed by atoms with Crippen LogP contribution in [0.15, 0.2) is 173 Å². The standard InChI is InChI=1S/C47H27N3O2/c1-2-11-28(12-3-1)29-21-22-31-26-33(24-23-30(31)25-29)45-48-46(37-17-10-20-41-42(37)35-15-6-8-18-39(35)51-41)50-47(49-45)38-27-32-13-4-5-14-34(32)43-36-16-7-9-19-40(36)52-44(38)43/h1-27H. The first-order valence-corrected chi connectivity index (χ1v) is 17.3. The lowest BCUT2D eigenvalue weighted by Crippen LogP contribution is -2.01. The molecule has 0 aliphatic rings. The third-order valence-corrected chi connectivity index (χ3v) is 10.1. The van der Waals surface area contributed by atoms with Gasteiger partial charge in [-0.3, -0.25) is 0 Å². The van der Waals surface area contributed by atoms with Gasteiger partial charge in [0.1, 0.15) is 22.3 Å². The Hall–Kier alpha value is -7.11. The minimum Gasteiger partial charge on any atom is -0.456 e. The van der Waals surface area contributed by atoms with Crippen molar-refractivity contribution < 1.29 is 8.83 Å². The van der Waals surface area contributed by atoms with E-state index in [-0.39, 0.29) is 0 Å². The SMILES string of the molecule is c1ccc(-c2ccc3cc(-c4nc(-c5cc6ccccc6c6c5oc5ccccc56)nc(-c5cccc6oc7ccccc7c56)n4)ccc3c2)cc1. The average Bonchev–Trinajstić information content (AvgIpc) is 3.80. The molecule has 0 atom stereocenters. The zero-order valence-corrected chi connectivity index (χ0v) is 27.7. The number of nitrogens with zero attached hydrogens (tertiary/aromatic N) is 3.